The lowest BCUT2D eigenvalue weighted by Gasteiger charge is -2.51. The first kappa shape index (κ1) is 21.9. The summed E-state index contributed by atoms with van der Waals surface area (Å²) in [5, 5.41) is 0.886. The van der Waals surface area contributed by atoms with Crippen LogP contribution in [0, 0.1) is 0 Å². The predicted molar refractivity (Wildman–Crippen MR) is 131 cm³/mol. The molecule has 3 aromatic carbocycles. The van der Waals surface area contributed by atoms with E-state index in [2.05, 4.69) is 58.0 Å². The maximum Gasteiger partial charge on any atom is 0.260 e. The third-order valence-corrected chi connectivity index (χ3v) is 7.04. The van der Waals surface area contributed by atoms with Crippen molar-refractivity contribution in [3.05, 3.63) is 99.0 Å². The molecule has 1 aliphatic heterocycles. The van der Waals surface area contributed by atoms with Crippen LogP contribution in [0.4, 0.5) is 5.69 Å². The Morgan fingerprint density at radius 2 is 1.65 bits per heavy atom. The number of carbonyl (C=O) groups is 1. The van der Waals surface area contributed by atoms with Crippen molar-refractivity contribution in [1.29, 1.82) is 0 Å². The number of hydrogen-bond donors (Lipinski definition) is 0. The third kappa shape index (κ3) is 3.77. The van der Waals surface area contributed by atoms with Crippen molar-refractivity contribution >= 4 is 34.8 Å². The van der Waals surface area contributed by atoms with Crippen LogP contribution in [0.3, 0.4) is 0 Å². The molecule has 160 valence electrons. The smallest absolute Gasteiger partial charge is 0.260 e. The van der Waals surface area contributed by atoms with Crippen LogP contribution < -0.4 is 4.90 Å². The summed E-state index contributed by atoms with van der Waals surface area (Å²) in [6.07, 6.45) is 1.81. The SMILES string of the molecule is CCc1ccc(C2(C)CC(C)(C)N(C(=O)c3ccc(Cl)cc3Cl)c3ccccc32)cc1. The Bertz CT molecular complexity index is 1140. The van der Waals surface area contributed by atoms with Gasteiger partial charge in [0, 0.05) is 21.7 Å². The van der Waals surface area contributed by atoms with Gasteiger partial charge in [0.05, 0.1) is 10.6 Å². The van der Waals surface area contributed by atoms with Crippen molar-refractivity contribution in [2.24, 2.45) is 0 Å². The number of anilines is 1. The van der Waals surface area contributed by atoms with Gasteiger partial charge in [-0.25, -0.2) is 0 Å². The zero-order valence-corrected chi connectivity index (χ0v) is 19.9. The van der Waals surface area contributed by atoms with E-state index in [4.69, 9.17) is 23.2 Å². The number of halogens is 2. The standard InChI is InChI=1S/C27H27Cl2NO/c1-5-18-10-12-19(13-11-18)27(4)17-26(2,3)30(24-9-7-6-8-22(24)27)25(31)21-15-14-20(28)16-23(21)29/h6-16H,5,17H2,1-4H3. The molecule has 0 saturated heterocycles. The monoisotopic (exact) mass is 451 g/mol. The third-order valence-electron chi connectivity index (χ3n) is 6.49. The normalized spacial score (nSPS) is 19.7. The highest BCUT2D eigenvalue weighted by atomic mass is 35.5. The van der Waals surface area contributed by atoms with E-state index in [0.717, 1.165) is 24.1 Å². The van der Waals surface area contributed by atoms with Crippen LogP contribution in [0.5, 0.6) is 0 Å². The van der Waals surface area contributed by atoms with Gasteiger partial charge in [-0.3, -0.25) is 4.79 Å². The zero-order chi connectivity index (χ0) is 22.4. The van der Waals surface area contributed by atoms with Crippen LogP contribution in [-0.2, 0) is 11.8 Å². The number of para-hydroxylation sites is 1. The Morgan fingerprint density at radius 3 is 2.29 bits per heavy atom. The van der Waals surface area contributed by atoms with Gasteiger partial charge in [0.2, 0.25) is 0 Å². The number of fused-ring (bicyclic) bond motifs is 1. The number of hydrogen-bond acceptors (Lipinski definition) is 1. The van der Waals surface area contributed by atoms with E-state index in [9.17, 15) is 4.79 Å². The molecule has 0 saturated carbocycles. The van der Waals surface area contributed by atoms with Crippen LogP contribution in [0.2, 0.25) is 10.0 Å². The van der Waals surface area contributed by atoms with Gasteiger partial charge in [-0.2, -0.15) is 0 Å². The lowest BCUT2D eigenvalue weighted by Crippen LogP contribution is -2.55. The van der Waals surface area contributed by atoms with Crippen molar-refractivity contribution < 1.29 is 4.79 Å². The average Bonchev–Trinajstić information content (AvgIpc) is 2.73. The molecule has 0 fully saturated rings. The molecule has 0 aromatic heterocycles. The van der Waals surface area contributed by atoms with E-state index < -0.39 is 5.54 Å². The van der Waals surface area contributed by atoms with Gasteiger partial charge in [0.1, 0.15) is 0 Å². The Labute approximate surface area is 194 Å². The number of rotatable bonds is 3. The molecule has 4 heteroatoms. The van der Waals surface area contributed by atoms with Gasteiger partial charge < -0.3 is 4.90 Å². The number of amides is 1. The molecule has 3 aromatic rings. The lowest BCUT2D eigenvalue weighted by atomic mass is 9.65. The molecule has 0 radical (unpaired) electrons. The molecule has 31 heavy (non-hydrogen) atoms. The fourth-order valence-electron chi connectivity index (χ4n) is 5.03. The molecule has 0 aliphatic carbocycles. The maximum absolute atomic E-state index is 13.7. The Balaban J connectivity index is 1.86. The summed E-state index contributed by atoms with van der Waals surface area (Å²) in [7, 11) is 0. The maximum atomic E-state index is 13.7. The first-order valence-electron chi connectivity index (χ1n) is 10.7. The number of nitrogens with zero attached hydrogens (tertiary/aromatic N) is 1. The van der Waals surface area contributed by atoms with Crippen LogP contribution in [0.25, 0.3) is 0 Å². The Morgan fingerprint density at radius 1 is 0.968 bits per heavy atom. The molecular formula is C27H27Cl2NO. The second-order valence-electron chi connectivity index (χ2n) is 9.15. The number of aryl methyl sites for hydroxylation is 1. The number of carbonyl (C=O) groups excluding carboxylic acids is 1. The highest BCUT2D eigenvalue weighted by Crippen LogP contribution is 2.51. The van der Waals surface area contributed by atoms with E-state index in [1.54, 1.807) is 18.2 Å². The summed E-state index contributed by atoms with van der Waals surface area (Å²) in [5.41, 5.74) is 4.49. The summed E-state index contributed by atoms with van der Waals surface area (Å²) < 4.78 is 0. The summed E-state index contributed by atoms with van der Waals surface area (Å²) in [5.74, 6) is -0.109. The number of benzene rings is 3. The van der Waals surface area contributed by atoms with E-state index in [-0.39, 0.29) is 11.3 Å². The van der Waals surface area contributed by atoms with E-state index in [1.165, 1.54) is 11.1 Å². The topological polar surface area (TPSA) is 20.3 Å². The summed E-state index contributed by atoms with van der Waals surface area (Å²) >= 11 is 12.5. The largest absolute Gasteiger partial charge is 0.302 e. The molecule has 0 spiro atoms. The molecule has 1 amide bonds. The molecular weight excluding hydrogens is 425 g/mol. The van der Waals surface area contributed by atoms with Crippen molar-refractivity contribution in [3.63, 3.8) is 0 Å². The second-order valence-corrected chi connectivity index (χ2v) is 10.00. The first-order chi connectivity index (χ1) is 14.7. The van der Waals surface area contributed by atoms with Crippen molar-refractivity contribution in [3.8, 4) is 0 Å². The van der Waals surface area contributed by atoms with Gasteiger partial charge >= 0.3 is 0 Å². The molecule has 0 N–H and O–H groups in total. The van der Waals surface area contributed by atoms with Crippen molar-refractivity contribution in [2.45, 2.75) is 51.5 Å². The quantitative estimate of drug-likeness (QED) is 0.399. The molecule has 1 heterocycles. The van der Waals surface area contributed by atoms with Crippen LogP contribution in [0.15, 0.2) is 66.7 Å². The Kier molecular flexibility index (Phi) is 5.66. The van der Waals surface area contributed by atoms with Gasteiger partial charge in [-0.1, -0.05) is 79.5 Å². The highest BCUT2D eigenvalue weighted by molar-refractivity contribution is 6.37. The Hall–Kier alpha value is -2.29. The van der Waals surface area contributed by atoms with Crippen molar-refractivity contribution in [1.82, 2.24) is 0 Å². The van der Waals surface area contributed by atoms with Gasteiger partial charge in [0.25, 0.3) is 5.91 Å². The molecule has 1 unspecified atom stereocenters. The molecule has 4 rings (SSSR count). The fraction of sp³-hybridized carbons (Fsp3) is 0.296. The molecule has 1 atom stereocenters. The summed E-state index contributed by atoms with van der Waals surface area (Å²) in [6, 6.07) is 22.2. The van der Waals surface area contributed by atoms with E-state index in [1.807, 2.05) is 23.1 Å². The van der Waals surface area contributed by atoms with Crippen LogP contribution in [0.1, 0.15) is 61.2 Å². The van der Waals surface area contributed by atoms with Crippen LogP contribution >= 0.6 is 23.2 Å². The van der Waals surface area contributed by atoms with E-state index >= 15 is 0 Å². The van der Waals surface area contributed by atoms with E-state index in [0.29, 0.717) is 15.6 Å². The minimum Gasteiger partial charge on any atom is -0.302 e. The summed E-state index contributed by atoms with van der Waals surface area (Å²) in [4.78, 5) is 15.6. The highest BCUT2D eigenvalue weighted by Gasteiger charge is 2.48. The average molecular weight is 452 g/mol. The zero-order valence-electron chi connectivity index (χ0n) is 18.4. The lowest BCUT2D eigenvalue weighted by molar-refractivity contribution is 0.0949. The van der Waals surface area contributed by atoms with Gasteiger partial charge in [0.15, 0.2) is 0 Å². The fourth-order valence-corrected chi connectivity index (χ4v) is 5.52. The first-order valence-corrected chi connectivity index (χ1v) is 11.4. The molecule has 1 aliphatic rings. The van der Waals surface area contributed by atoms with Crippen molar-refractivity contribution in [2.75, 3.05) is 4.90 Å². The van der Waals surface area contributed by atoms with Gasteiger partial charge in [-0.15, -0.1) is 0 Å². The predicted octanol–water partition coefficient (Wildman–Crippen LogP) is 7.69. The van der Waals surface area contributed by atoms with Gasteiger partial charge in [-0.05, 0) is 67.6 Å². The van der Waals surface area contributed by atoms with Crippen LogP contribution in [-0.4, -0.2) is 11.4 Å². The minimum atomic E-state index is -0.424. The molecule has 2 nitrogen and oxygen atoms in total. The summed E-state index contributed by atoms with van der Waals surface area (Å²) in [6.45, 7) is 8.71. The second kappa shape index (κ2) is 8.00. The molecule has 0 bridgehead atoms. The minimum absolute atomic E-state index is 0.109.